The monoisotopic (exact) mass is 292 g/mol. The molecule has 0 aliphatic carbocycles. The van der Waals surface area contributed by atoms with Gasteiger partial charge in [-0.2, -0.15) is 0 Å². The molecule has 0 radical (unpaired) electrons. The highest BCUT2D eigenvalue weighted by atomic mass is 16.4. The van der Waals surface area contributed by atoms with Crippen LogP contribution in [-0.4, -0.2) is 46.0 Å². The number of fused-ring (bicyclic) bond motifs is 1. The standard InChI is InChI=1S/C14H16N2O5/c1-15-12-8-4-2-3-5-9(8)13(19)16(12)10(14(20)21)6-7-11(17)18/h2-5,10,12,15H,6-7H2,1H3,(H,17,18)(H,20,21). The SMILES string of the molecule is CNC1c2ccccc2C(=O)N1C(CCC(=O)O)C(=O)O. The van der Waals surface area contributed by atoms with Gasteiger partial charge in [0.2, 0.25) is 0 Å². The van der Waals surface area contributed by atoms with Gasteiger partial charge in [-0.3, -0.25) is 14.9 Å². The van der Waals surface area contributed by atoms with Gasteiger partial charge >= 0.3 is 11.9 Å². The Morgan fingerprint density at radius 1 is 1.33 bits per heavy atom. The molecule has 0 saturated carbocycles. The average Bonchev–Trinajstić information content (AvgIpc) is 2.72. The van der Waals surface area contributed by atoms with E-state index in [9.17, 15) is 19.5 Å². The Morgan fingerprint density at radius 2 is 2.00 bits per heavy atom. The van der Waals surface area contributed by atoms with Crippen molar-refractivity contribution in [2.75, 3.05) is 7.05 Å². The zero-order chi connectivity index (χ0) is 15.6. The molecule has 21 heavy (non-hydrogen) atoms. The van der Waals surface area contributed by atoms with Crippen molar-refractivity contribution in [3.63, 3.8) is 0 Å². The van der Waals surface area contributed by atoms with Crippen molar-refractivity contribution < 1.29 is 24.6 Å². The Hall–Kier alpha value is -2.41. The summed E-state index contributed by atoms with van der Waals surface area (Å²) in [5, 5.41) is 21.0. The summed E-state index contributed by atoms with van der Waals surface area (Å²) in [6.45, 7) is 0. The summed E-state index contributed by atoms with van der Waals surface area (Å²) in [6.07, 6.45) is -1.01. The molecule has 2 unspecified atom stereocenters. The molecule has 7 nitrogen and oxygen atoms in total. The minimum atomic E-state index is -1.21. The number of carbonyl (C=O) groups is 3. The summed E-state index contributed by atoms with van der Waals surface area (Å²) in [6, 6.07) is 5.69. The molecular weight excluding hydrogens is 276 g/mol. The quantitative estimate of drug-likeness (QED) is 0.711. The van der Waals surface area contributed by atoms with Crippen molar-refractivity contribution in [1.29, 1.82) is 0 Å². The van der Waals surface area contributed by atoms with E-state index in [0.717, 1.165) is 0 Å². The number of benzene rings is 1. The fourth-order valence-corrected chi connectivity index (χ4v) is 2.59. The molecule has 1 aromatic rings. The number of rotatable bonds is 6. The number of amides is 1. The van der Waals surface area contributed by atoms with Gasteiger partial charge in [0.1, 0.15) is 12.2 Å². The molecule has 1 aliphatic rings. The van der Waals surface area contributed by atoms with E-state index in [0.29, 0.717) is 11.1 Å². The van der Waals surface area contributed by atoms with Gasteiger partial charge in [0.05, 0.1) is 0 Å². The van der Waals surface area contributed by atoms with Crippen molar-refractivity contribution in [2.45, 2.75) is 25.0 Å². The maximum atomic E-state index is 12.4. The first kappa shape index (κ1) is 15.0. The summed E-state index contributed by atoms with van der Waals surface area (Å²) >= 11 is 0. The van der Waals surface area contributed by atoms with Gasteiger partial charge in [-0.15, -0.1) is 0 Å². The first-order valence-corrected chi connectivity index (χ1v) is 6.50. The molecule has 0 spiro atoms. The second kappa shape index (κ2) is 5.92. The van der Waals surface area contributed by atoms with Gasteiger partial charge in [-0.25, -0.2) is 4.79 Å². The topological polar surface area (TPSA) is 107 Å². The molecule has 0 saturated heterocycles. The van der Waals surface area contributed by atoms with Crippen LogP contribution in [0.2, 0.25) is 0 Å². The van der Waals surface area contributed by atoms with E-state index in [2.05, 4.69) is 5.32 Å². The Bertz CT molecular complexity index is 586. The van der Waals surface area contributed by atoms with Gasteiger partial charge in [0.25, 0.3) is 5.91 Å². The Morgan fingerprint density at radius 3 is 2.57 bits per heavy atom. The number of aliphatic carboxylic acids is 2. The number of nitrogens with one attached hydrogen (secondary N) is 1. The molecule has 112 valence electrons. The smallest absolute Gasteiger partial charge is 0.326 e. The van der Waals surface area contributed by atoms with Crippen molar-refractivity contribution in [2.24, 2.45) is 0 Å². The number of carboxylic acid groups (broad SMARTS) is 2. The number of carbonyl (C=O) groups excluding carboxylic acids is 1. The molecule has 0 fully saturated rings. The predicted molar refractivity (Wildman–Crippen MR) is 72.7 cm³/mol. The summed E-state index contributed by atoms with van der Waals surface area (Å²) in [5.41, 5.74) is 1.14. The maximum Gasteiger partial charge on any atom is 0.326 e. The predicted octanol–water partition coefficient (Wildman–Crippen LogP) is 0.678. The van der Waals surface area contributed by atoms with Crippen LogP contribution in [0.3, 0.4) is 0 Å². The second-order valence-electron chi connectivity index (χ2n) is 4.78. The lowest BCUT2D eigenvalue weighted by atomic mass is 10.1. The third-order valence-electron chi connectivity index (χ3n) is 3.52. The van der Waals surface area contributed by atoms with Gasteiger partial charge < -0.3 is 15.1 Å². The van der Waals surface area contributed by atoms with Crippen LogP contribution < -0.4 is 5.32 Å². The molecule has 1 heterocycles. The van der Waals surface area contributed by atoms with Gasteiger partial charge in [-0.05, 0) is 19.5 Å². The minimum absolute atomic E-state index is 0.136. The van der Waals surface area contributed by atoms with Gasteiger partial charge in [0, 0.05) is 17.5 Å². The first-order chi connectivity index (χ1) is 9.97. The van der Waals surface area contributed by atoms with Crippen molar-refractivity contribution in [3.8, 4) is 0 Å². The Labute approximate surface area is 121 Å². The number of carboxylic acids is 2. The van der Waals surface area contributed by atoms with E-state index in [1.165, 1.54) is 4.90 Å². The summed E-state index contributed by atoms with van der Waals surface area (Å²) < 4.78 is 0. The molecule has 7 heteroatoms. The van der Waals surface area contributed by atoms with E-state index < -0.39 is 30.1 Å². The van der Waals surface area contributed by atoms with Gasteiger partial charge in [-0.1, -0.05) is 18.2 Å². The highest BCUT2D eigenvalue weighted by molar-refractivity contribution is 6.01. The molecule has 0 bridgehead atoms. The van der Waals surface area contributed by atoms with E-state index in [-0.39, 0.29) is 12.8 Å². The summed E-state index contributed by atoms with van der Waals surface area (Å²) in [4.78, 5) is 35.8. The van der Waals surface area contributed by atoms with Crippen molar-refractivity contribution in [3.05, 3.63) is 35.4 Å². The molecular formula is C14H16N2O5. The van der Waals surface area contributed by atoms with Crippen LogP contribution in [0.15, 0.2) is 24.3 Å². The third kappa shape index (κ3) is 2.73. The van der Waals surface area contributed by atoms with E-state index in [4.69, 9.17) is 5.11 Å². The fraction of sp³-hybridized carbons (Fsp3) is 0.357. The minimum Gasteiger partial charge on any atom is -0.481 e. The summed E-state index contributed by atoms with van der Waals surface area (Å²) in [7, 11) is 1.63. The van der Waals surface area contributed by atoms with Crippen molar-refractivity contribution in [1.82, 2.24) is 10.2 Å². The molecule has 1 aliphatic heterocycles. The molecule has 2 atom stereocenters. The molecule has 1 amide bonds. The maximum absolute atomic E-state index is 12.4. The lowest BCUT2D eigenvalue weighted by molar-refractivity contribution is -0.144. The van der Waals surface area contributed by atoms with Crippen LogP contribution in [0.5, 0.6) is 0 Å². The highest BCUT2D eigenvalue weighted by Crippen LogP contribution is 2.34. The van der Waals surface area contributed by atoms with E-state index in [1.807, 2.05) is 0 Å². The molecule has 1 aromatic carbocycles. The number of hydrogen-bond acceptors (Lipinski definition) is 4. The van der Waals surface area contributed by atoms with Crippen LogP contribution in [0.25, 0.3) is 0 Å². The lowest BCUT2D eigenvalue weighted by Gasteiger charge is -2.30. The Kier molecular flexibility index (Phi) is 4.23. The zero-order valence-electron chi connectivity index (χ0n) is 11.4. The van der Waals surface area contributed by atoms with Crippen LogP contribution >= 0.6 is 0 Å². The van der Waals surface area contributed by atoms with E-state index in [1.54, 1.807) is 31.3 Å². The number of nitrogens with zero attached hydrogens (tertiary/aromatic N) is 1. The number of hydrogen-bond donors (Lipinski definition) is 3. The molecule has 3 N–H and O–H groups in total. The van der Waals surface area contributed by atoms with Crippen LogP contribution in [-0.2, 0) is 9.59 Å². The summed E-state index contributed by atoms with van der Waals surface area (Å²) in [5.74, 6) is -2.70. The third-order valence-corrected chi connectivity index (χ3v) is 3.52. The largest absolute Gasteiger partial charge is 0.481 e. The zero-order valence-corrected chi connectivity index (χ0v) is 11.4. The normalized spacial score (nSPS) is 18.4. The molecule has 0 aromatic heterocycles. The Balaban J connectivity index is 2.35. The first-order valence-electron chi connectivity index (χ1n) is 6.50. The van der Waals surface area contributed by atoms with E-state index >= 15 is 0 Å². The van der Waals surface area contributed by atoms with Crippen molar-refractivity contribution >= 4 is 17.8 Å². The lowest BCUT2D eigenvalue weighted by Crippen LogP contribution is -2.47. The highest BCUT2D eigenvalue weighted by Gasteiger charge is 2.42. The van der Waals surface area contributed by atoms with Crippen LogP contribution in [0.4, 0.5) is 0 Å². The van der Waals surface area contributed by atoms with Crippen LogP contribution in [0.1, 0.15) is 34.9 Å². The molecule has 2 rings (SSSR count). The fourth-order valence-electron chi connectivity index (χ4n) is 2.59. The van der Waals surface area contributed by atoms with Gasteiger partial charge in [0.15, 0.2) is 0 Å². The second-order valence-corrected chi connectivity index (χ2v) is 4.78. The average molecular weight is 292 g/mol. The van der Waals surface area contributed by atoms with Crippen LogP contribution in [0, 0.1) is 0 Å².